The molecule has 2 amide bonds. The van der Waals surface area contributed by atoms with Crippen LogP contribution in [-0.4, -0.2) is 25.0 Å². The zero-order valence-electron chi connectivity index (χ0n) is 24.3. The number of carbonyl (C=O) groups excluding carboxylic acids is 2. The van der Waals surface area contributed by atoms with E-state index in [1.165, 1.54) is 7.11 Å². The highest BCUT2D eigenvalue weighted by atomic mass is 19.4. The lowest BCUT2D eigenvalue weighted by molar-refractivity contribution is -0.140. The van der Waals surface area contributed by atoms with Gasteiger partial charge < -0.3 is 15.4 Å². The van der Waals surface area contributed by atoms with Crippen molar-refractivity contribution in [1.29, 1.82) is 0 Å². The summed E-state index contributed by atoms with van der Waals surface area (Å²) in [7, 11) is 1.47. The maximum absolute atomic E-state index is 14.0. The number of halogens is 4. The minimum absolute atomic E-state index is 0.169. The van der Waals surface area contributed by atoms with E-state index < -0.39 is 41.3 Å². The first-order valence-corrected chi connectivity index (χ1v) is 14.6. The summed E-state index contributed by atoms with van der Waals surface area (Å²) in [5.74, 6) is -3.23. The van der Waals surface area contributed by atoms with Crippen LogP contribution in [0.15, 0.2) is 103 Å². The van der Waals surface area contributed by atoms with Crippen molar-refractivity contribution in [3.8, 4) is 16.9 Å². The molecule has 4 aromatic rings. The molecule has 6 rings (SSSR count). The maximum Gasteiger partial charge on any atom is 0.419 e. The Labute approximate surface area is 257 Å². The molecule has 2 unspecified atom stereocenters. The standard InChI is InChI=1S/C36H30F4N2O3/c1-45-31-17-12-23(22-10-6-3-7-11-22)19-28(31)34(43)42-33-26-15-14-25(27(26)18-21-8-4-2-5-9-21)32(33)35(44)41-24-13-16-30(37)29(20-24)36(38,39)40/h2-13,16-20,25-26,32-33H,14-15H2,1H3,(H,41,44)(H,42,43)/b27-18-/t25?,26?,32-,33+/m0/s1. The second-order valence-electron chi connectivity index (χ2n) is 11.3. The predicted molar refractivity (Wildman–Crippen MR) is 164 cm³/mol. The molecule has 0 aliphatic heterocycles. The lowest BCUT2D eigenvalue weighted by Crippen LogP contribution is -2.48. The Bertz CT molecular complexity index is 1760. The number of nitrogens with one attached hydrogen (secondary N) is 2. The van der Waals surface area contributed by atoms with Crippen LogP contribution in [0.1, 0.15) is 34.3 Å². The lowest BCUT2D eigenvalue weighted by Gasteiger charge is -2.30. The molecule has 5 nitrogen and oxygen atoms in total. The molecule has 0 radical (unpaired) electrons. The van der Waals surface area contributed by atoms with E-state index in [1.807, 2.05) is 72.8 Å². The third kappa shape index (κ3) is 6.07. The van der Waals surface area contributed by atoms with Crippen molar-refractivity contribution >= 4 is 23.6 Å². The van der Waals surface area contributed by atoms with Gasteiger partial charge in [0.05, 0.1) is 24.2 Å². The molecule has 2 bridgehead atoms. The van der Waals surface area contributed by atoms with Crippen LogP contribution in [0, 0.1) is 23.6 Å². The first-order valence-electron chi connectivity index (χ1n) is 14.6. The molecule has 9 heteroatoms. The number of amides is 2. The van der Waals surface area contributed by atoms with Crippen molar-refractivity contribution in [1.82, 2.24) is 5.32 Å². The number of rotatable bonds is 7. The third-order valence-corrected chi connectivity index (χ3v) is 8.72. The highest BCUT2D eigenvalue weighted by Crippen LogP contribution is 2.53. The van der Waals surface area contributed by atoms with Gasteiger partial charge >= 0.3 is 6.18 Å². The van der Waals surface area contributed by atoms with Crippen LogP contribution in [0.3, 0.4) is 0 Å². The Balaban J connectivity index is 1.34. The van der Waals surface area contributed by atoms with Crippen molar-refractivity contribution in [3.05, 3.63) is 125 Å². The van der Waals surface area contributed by atoms with Gasteiger partial charge in [-0.25, -0.2) is 4.39 Å². The molecule has 2 fully saturated rings. The van der Waals surface area contributed by atoms with Crippen molar-refractivity contribution in [2.75, 3.05) is 12.4 Å². The monoisotopic (exact) mass is 614 g/mol. The molecule has 4 aromatic carbocycles. The van der Waals surface area contributed by atoms with Gasteiger partial charge in [0, 0.05) is 17.6 Å². The molecule has 0 heterocycles. The van der Waals surface area contributed by atoms with Crippen molar-refractivity contribution in [2.45, 2.75) is 25.1 Å². The van der Waals surface area contributed by atoms with Crippen LogP contribution in [0.25, 0.3) is 17.2 Å². The molecule has 45 heavy (non-hydrogen) atoms. The van der Waals surface area contributed by atoms with Crippen LogP contribution >= 0.6 is 0 Å². The molecule has 4 atom stereocenters. The molecule has 2 aliphatic rings. The zero-order valence-corrected chi connectivity index (χ0v) is 24.3. The van der Waals surface area contributed by atoms with Crippen LogP contribution in [0.4, 0.5) is 23.2 Å². The summed E-state index contributed by atoms with van der Waals surface area (Å²) in [5, 5.41) is 5.68. The largest absolute Gasteiger partial charge is 0.496 e. The summed E-state index contributed by atoms with van der Waals surface area (Å²) in [6.07, 6.45) is -1.48. The molecule has 0 aromatic heterocycles. The van der Waals surface area contributed by atoms with E-state index in [4.69, 9.17) is 4.74 Å². The zero-order chi connectivity index (χ0) is 31.7. The fourth-order valence-electron chi connectivity index (χ4n) is 6.70. The number of anilines is 1. The number of benzene rings is 4. The van der Waals surface area contributed by atoms with Crippen molar-refractivity contribution < 1.29 is 31.9 Å². The molecular weight excluding hydrogens is 584 g/mol. The van der Waals surface area contributed by atoms with Crippen molar-refractivity contribution in [2.24, 2.45) is 17.8 Å². The Hall–Kier alpha value is -4.92. The van der Waals surface area contributed by atoms with E-state index in [9.17, 15) is 27.2 Å². The van der Waals surface area contributed by atoms with Gasteiger partial charge in [0.1, 0.15) is 11.6 Å². The van der Waals surface area contributed by atoms with E-state index in [0.717, 1.165) is 34.8 Å². The molecule has 0 saturated heterocycles. The van der Waals surface area contributed by atoms with Gasteiger partial charge in [-0.1, -0.05) is 78.4 Å². The number of carbonyl (C=O) groups is 2. The Morgan fingerprint density at radius 3 is 2.22 bits per heavy atom. The molecule has 0 spiro atoms. The highest BCUT2D eigenvalue weighted by molar-refractivity contribution is 6.00. The Morgan fingerprint density at radius 2 is 1.53 bits per heavy atom. The van der Waals surface area contributed by atoms with Gasteiger partial charge in [-0.05, 0) is 65.8 Å². The second kappa shape index (κ2) is 12.2. The topological polar surface area (TPSA) is 67.4 Å². The summed E-state index contributed by atoms with van der Waals surface area (Å²) in [6, 6.07) is 26.2. The van der Waals surface area contributed by atoms with Gasteiger partial charge in [-0.3, -0.25) is 9.59 Å². The van der Waals surface area contributed by atoms with Crippen LogP contribution in [0.2, 0.25) is 0 Å². The summed E-state index contributed by atoms with van der Waals surface area (Å²) in [5.41, 5.74) is 2.33. The fraction of sp³-hybridized carbons (Fsp3) is 0.222. The molecule has 2 aliphatic carbocycles. The van der Waals surface area contributed by atoms with Gasteiger partial charge in [0.15, 0.2) is 0 Å². The summed E-state index contributed by atoms with van der Waals surface area (Å²) >= 11 is 0. The normalized spacial score (nSPS) is 21.5. The van der Waals surface area contributed by atoms with Crippen LogP contribution in [0.5, 0.6) is 5.75 Å². The first kappa shape index (κ1) is 30.1. The average molecular weight is 615 g/mol. The Kier molecular flexibility index (Phi) is 8.18. The summed E-state index contributed by atoms with van der Waals surface area (Å²) in [6.45, 7) is 0. The van der Waals surface area contributed by atoms with E-state index >= 15 is 0 Å². The van der Waals surface area contributed by atoms with Crippen molar-refractivity contribution in [3.63, 3.8) is 0 Å². The number of hydrogen-bond acceptors (Lipinski definition) is 3. The number of ether oxygens (including phenoxy) is 1. The number of alkyl halides is 3. The Morgan fingerprint density at radius 1 is 0.844 bits per heavy atom. The number of methoxy groups -OCH3 is 1. The smallest absolute Gasteiger partial charge is 0.419 e. The third-order valence-electron chi connectivity index (χ3n) is 8.72. The second-order valence-corrected chi connectivity index (χ2v) is 11.3. The summed E-state index contributed by atoms with van der Waals surface area (Å²) in [4.78, 5) is 27.8. The highest BCUT2D eigenvalue weighted by Gasteiger charge is 2.54. The van der Waals surface area contributed by atoms with Gasteiger partial charge in [0.25, 0.3) is 5.91 Å². The number of hydrogen-bond donors (Lipinski definition) is 2. The molecule has 230 valence electrons. The van der Waals surface area contributed by atoms with Gasteiger partial charge in [0.2, 0.25) is 5.91 Å². The number of fused-ring (bicyclic) bond motifs is 2. The van der Waals surface area contributed by atoms with E-state index in [1.54, 1.807) is 12.1 Å². The fourth-order valence-corrected chi connectivity index (χ4v) is 6.70. The first-order chi connectivity index (χ1) is 21.6. The van der Waals surface area contributed by atoms with Gasteiger partial charge in [-0.2, -0.15) is 13.2 Å². The van der Waals surface area contributed by atoms with E-state index in [2.05, 4.69) is 10.6 Å². The lowest BCUT2D eigenvalue weighted by atomic mass is 9.83. The SMILES string of the molecule is COc1ccc(-c2ccccc2)cc1C(=O)N[C@@H]1C2CCC(/C2=C/c2ccccc2)[C@@H]1C(=O)Nc1ccc(F)c(C(F)(F)F)c1. The van der Waals surface area contributed by atoms with Gasteiger partial charge in [-0.15, -0.1) is 0 Å². The van der Waals surface area contributed by atoms with E-state index in [0.29, 0.717) is 29.9 Å². The van der Waals surface area contributed by atoms with Crippen LogP contribution in [-0.2, 0) is 11.0 Å². The minimum Gasteiger partial charge on any atom is -0.496 e. The predicted octanol–water partition coefficient (Wildman–Crippen LogP) is 8.00. The maximum atomic E-state index is 14.0. The van der Waals surface area contributed by atoms with Crippen LogP contribution < -0.4 is 15.4 Å². The quantitative estimate of drug-likeness (QED) is 0.207. The molecule has 2 saturated carbocycles. The summed E-state index contributed by atoms with van der Waals surface area (Å²) < 4.78 is 59.6. The molecule has 2 N–H and O–H groups in total. The minimum atomic E-state index is -4.92. The molecular formula is C36H30F4N2O3. The van der Waals surface area contributed by atoms with E-state index in [-0.39, 0.29) is 17.5 Å². The average Bonchev–Trinajstić information content (AvgIpc) is 3.56.